The van der Waals surface area contributed by atoms with Crippen LogP contribution in [0.25, 0.3) is 16.7 Å². The van der Waals surface area contributed by atoms with E-state index in [1.807, 2.05) is 52.8 Å². The van der Waals surface area contributed by atoms with Crippen molar-refractivity contribution in [2.75, 3.05) is 0 Å². The predicted octanol–water partition coefficient (Wildman–Crippen LogP) is 8.73. The molecule has 2 N–H and O–H groups in total. The molecule has 7 heteroatoms. The number of halogens is 1. The Morgan fingerprint density at radius 2 is 1.74 bits per heavy atom. The van der Waals surface area contributed by atoms with Gasteiger partial charge in [-0.1, -0.05) is 84.7 Å². The van der Waals surface area contributed by atoms with E-state index in [0.29, 0.717) is 34.7 Å². The number of nitrogens with one attached hydrogen (secondary N) is 1. The topological polar surface area (TPSA) is 88.1 Å². The summed E-state index contributed by atoms with van der Waals surface area (Å²) in [6.45, 7) is 16.7. The molecule has 0 spiro atoms. The minimum atomic E-state index is -1.10. The maximum Gasteiger partial charge on any atom is 0.354 e. The molecule has 0 fully saturated rings. The smallest absolute Gasteiger partial charge is 0.354 e. The second-order valence-corrected chi connectivity index (χ2v) is 8.50. The summed E-state index contributed by atoms with van der Waals surface area (Å²) in [6.07, 6.45) is 7.70. The Kier molecular flexibility index (Phi) is 14.4. The fourth-order valence-corrected chi connectivity index (χ4v) is 3.01. The van der Waals surface area contributed by atoms with Crippen LogP contribution in [-0.4, -0.2) is 26.0 Å². The van der Waals surface area contributed by atoms with E-state index in [1.165, 1.54) is 18.6 Å². The molecule has 2 aromatic heterocycles. The molecular formula is C31H42FN3O3. The zero-order valence-corrected chi connectivity index (χ0v) is 23.9. The fraction of sp³-hybridized carbons (Fsp3) is 0.387. The molecule has 6 nitrogen and oxygen atoms in total. The van der Waals surface area contributed by atoms with Crippen LogP contribution in [0.2, 0.25) is 0 Å². The third kappa shape index (κ3) is 9.96. The standard InChI is InChI=1S/C22H18FN3O3.C5H12.2C2H6/c1-13-6-7-16(29-12-14-4-2-3-5-17(14)23)11-15(10-13)20-24-18-8-9-19(22(27)28)25-21(18)26-20;1-4-5(2)3;2*1-2/h2-6,8-11H,7,12H2,1H3,(H,27,28)(H,24,25,26);5H,4H2,1-3H3;2*1-2H3. The number of rotatable bonds is 6. The van der Waals surface area contributed by atoms with Crippen molar-refractivity contribution < 1.29 is 19.0 Å². The number of carboxylic acid groups (broad SMARTS) is 1. The molecule has 0 saturated heterocycles. The van der Waals surface area contributed by atoms with Gasteiger partial charge < -0.3 is 14.8 Å². The van der Waals surface area contributed by atoms with E-state index in [-0.39, 0.29) is 18.1 Å². The lowest BCUT2D eigenvalue weighted by Gasteiger charge is -2.09. The van der Waals surface area contributed by atoms with Crippen LogP contribution in [0, 0.1) is 11.7 Å². The van der Waals surface area contributed by atoms with Gasteiger partial charge >= 0.3 is 5.97 Å². The molecule has 0 unspecified atom stereocenters. The average molecular weight is 524 g/mol. The van der Waals surface area contributed by atoms with Gasteiger partial charge in [-0.2, -0.15) is 0 Å². The highest BCUT2D eigenvalue weighted by atomic mass is 19.1. The number of benzene rings is 1. The van der Waals surface area contributed by atoms with E-state index in [0.717, 1.165) is 17.1 Å². The number of H-pyrrole nitrogens is 1. The zero-order valence-electron chi connectivity index (χ0n) is 23.9. The fourth-order valence-electron chi connectivity index (χ4n) is 3.01. The summed E-state index contributed by atoms with van der Waals surface area (Å²) >= 11 is 0. The minimum Gasteiger partial charge on any atom is -0.493 e. The number of aromatic carboxylic acids is 1. The lowest BCUT2D eigenvalue weighted by molar-refractivity contribution is 0.0691. The molecule has 4 rings (SSSR count). The van der Waals surface area contributed by atoms with E-state index in [4.69, 9.17) is 9.84 Å². The number of nitrogens with zero attached hydrogens (tertiary/aromatic N) is 2. The van der Waals surface area contributed by atoms with Gasteiger partial charge in [-0.05, 0) is 43.2 Å². The van der Waals surface area contributed by atoms with E-state index < -0.39 is 5.97 Å². The highest BCUT2D eigenvalue weighted by Gasteiger charge is 2.14. The zero-order chi connectivity index (χ0) is 28.7. The third-order valence-corrected chi connectivity index (χ3v) is 5.35. The number of ether oxygens (including phenoxy) is 1. The number of imidazole rings is 1. The molecule has 0 radical (unpaired) electrons. The first-order chi connectivity index (χ1) is 18.3. The molecule has 1 aliphatic carbocycles. The number of pyridine rings is 1. The maximum absolute atomic E-state index is 13.8. The number of allylic oxidation sites excluding steroid dienone is 5. The van der Waals surface area contributed by atoms with E-state index in [9.17, 15) is 9.18 Å². The van der Waals surface area contributed by atoms with Crippen molar-refractivity contribution >= 4 is 22.7 Å². The number of aromatic amines is 1. The molecular weight excluding hydrogens is 481 g/mol. The van der Waals surface area contributed by atoms with Crippen LogP contribution in [0.4, 0.5) is 4.39 Å². The summed E-state index contributed by atoms with van der Waals surface area (Å²) in [6, 6.07) is 9.57. The second kappa shape index (κ2) is 16.9. The summed E-state index contributed by atoms with van der Waals surface area (Å²) in [5, 5.41) is 9.11. The molecule has 1 aromatic carbocycles. The van der Waals surface area contributed by atoms with E-state index >= 15 is 0 Å². The van der Waals surface area contributed by atoms with E-state index in [1.54, 1.807) is 24.3 Å². The second-order valence-electron chi connectivity index (χ2n) is 8.50. The van der Waals surface area contributed by atoms with Gasteiger partial charge in [0.2, 0.25) is 0 Å². The molecule has 0 atom stereocenters. The first-order valence-electron chi connectivity index (χ1n) is 13.3. The summed E-state index contributed by atoms with van der Waals surface area (Å²) < 4.78 is 19.7. The quantitative estimate of drug-likeness (QED) is 0.337. The molecule has 0 amide bonds. The van der Waals surface area contributed by atoms with E-state index in [2.05, 4.69) is 35.7 Å². The number of carbonyl (C=O) groups is 1. The first-order valence-corrected chi connectivity index (χ1v) is 13.3. The Labute approximate surface area is 226 Å². The molecule has 2 heterocycles. The van der Waals surface area contributed by atoms with Crippen molar-refractivity contribution in [1.29, 1.82) is 0 Å². The third-order valence-electron chi connectivity index (χ3n) is 5.35. The molecule has 38 heavy (non-hydrogen) atoms. The lowest BCUT2D eigenvalue weighted by Crippen LogP contribution is -1.99. The van der Waals surface area contributed by atoms with Crippen LogP contribution in [0.15, 0.2) is 66.0 Å². The van der Waals surface area contributed by atoms with Crippen LogP contribution in [0.5, 0.6) is 0 Å². The van der Waals surface area contributed by atoms with Crippen LogP contribution in [-0.2, 0) is 11.3 Å². The normalized spacial score (nSPS) is 12.3. The molecule has 1 aliphatic rings. The van der Waals surface area contributed by atoms with Crippen molar-refractivity contribution in [3.05, 3.63) is 88.9 Å². The van der Waals surface area contributed by atoms with Crippen LogP contribution in [0.3, 0.4) is 0 Å². The predicted molar refractivity (Wildman–Crippen MR) is 154 cm³/mol. The van der Waals surface area contributed by atoms with Crippen molar-refractivity contribution in [1.82, 2.24) is 15.0 Å². The highest BCUT2D eigenvalue weighted by Crippen LogP contribution is 2.26. The Hall–Kier alpha value is -3.74. The summed E-state index contributed by atoms with van der Waals surface area (Å²) in [5.41, 5.74) is 3.19. The van der Waals surface area contributed by atoms with Gasteiger partial charge in [0.25, 0.3) is 0 Å². The van der Waals surface area contributed by atoms with Gasteiger partial charge in [0.05, 0.1) is 5.52 Å². The van der Waals surface area contributed by atoms with Crippen molar-refractivity contribution in [2.24, 2.45) is 5.92 Å². The number of hydrogen-bond acceptors (Lipinski definition) is 4. The van der Waals surface area contributed by atoms with Crippen LogP contribution >= 0.6 is 0 Å². The number of aromatic nitrogens is 3. The molecule has 0 bridgehead atoms. The summed E-state index contributed by atoms with van der Waals surface area (Å²) in [5.74, 6) is 0.706. The Morgan fingerprint density at radius 1 is 1.08 bits per heavy atom. The molecule has 0 saturated carbocycles. The van der Waals surface area contributed by atoms with Gasteiger partial charge in [0.1, 0.15) is 24.0 Å². The average Bonchev–Trinajstić information content (AvgIpc) is 3.27. The molecule has 0 aliphatic heterocycles. The number of carboxylic acids is 1. The monoisotopic (exact) mass is 523 g/mol. The van der Waals surface area contributed by atoms with Gasteiger partial charge in [-0.25, -0.2) is 19.2 Å². The van der Waals surface area contributed by atoms with Crippen LogP contribution in [0.1, 0.15) is 90.1 Å². The summed E-state index contributed by atoms with van der Waals surface area (Å²) in [4.78, 5) is 22.8. The van der Waals surface area contributed by atoms with Gasteiger partial charge in [-0.3, -0.25) is 0 Å². The molecule has 3 aromatic rings. The van der Waals surface area contributed by atoms with Gasteiger partial charge in [-0.15, -0.1) is 0 Å². The lowest BCUT2D eigenvalue weighted by atomic mass is 10.2. The largest absolute Gasteiger partial charge is 0.493 e. The SMILES string of the molecule is CC.CC.CC1=CCC(OCc2ccccc2F)=CC(c2nc3nc(C(=O)O)ccc3[nH]2)=C1.CCC(C)C. The summed E-state index contributed by atoms with van der Waals surface area (Å²) in [7, 11) is 0. The highest BCUT2D eigenvalue weighted by molar-refractivity contribution is 5.89. The minimum absolute atomic E-state index is 0.0640. The molecule has 206 valence electrons. The Bertz CT molecular complexity index is 1260. The first kappa shape index (κ1) is 32.3. The van der Waals surface area contributed by atoms with Crippen molar-refractivity contribution in [3.63, 3.8) is 0 Å². The maximum atomic E-state index is 13.8. The number of fused-ring (bicyclic) bond motifs is 1. The van der Waals surface area contributed by atoms with Crippen LogP contribution < -0.4 is 0 Å². The Morgan fingerprint density at radius 3 is 2.34 bits per heavy atom. The van der Waals surface area contributed by atoms with Crippen molar-refractivity contribution in [2.45, 2.75) is 74.8 Å². The van der Waals surface area contributed by atoms with Gasteiger partial charge in [0.15, 0.2) is 11.3 Å². The van der Waals surface area contributed by atoms with Crippen molar-refractivity contribution in [3.8, 4) is 0 Å². The number of hydrogen-bond donors (Lipinski definition) is 2. The van der Waals surface area contributed by atoms with Gasteiger partial charge in [0, 0.05) is 17.6 Å². The Balaban J connectivity index is 0.000000709.